The van der Waals surface area contributed by atoms with E-state index in [9.17, 15) is 9.59 Å². The lowest BCUT2D eigenvalue weighted by Gasteiger charge is -2.18. The van der Waals surface area contributed by atoms with Gasteiger partial charge in [-0.15, -0.1) is 0 Å². The molecule has 1 rings (SSSR count). The molecular weight excluding hydrogens is 280 g/mol. The fourth-order valence-corrected chi connectivity index (χ4v) is 1.49. The van der Waals surface area contributed by atoms with Crippen LogP contribution in [0.5, 0.6) is 5.75 Å². The molecule has 0 aliphatic carbocycles. The molecule has 0 spiro atoms. The number of carbonyl (C=O) groups is 2. The van der Waals surface area contributed by atoms with Crippen LogP contribution in [-0.2, 0) is 9.59 Å². The second-order valence-electron chi connectivity index (χ2n) is 5.45. The Kier molecular flexibility index (Phi) is 5.39. The zero-order valence-electron chi connectivity index (χ0n) is 12.0. The van der Waals surface area contributed by atoms with Crippen LogP contribution < -0.4 is 15.6 Å². The highest BCUT2D eigenvalue weighted by Gasteiger charge is 2.21. The molecular formula is C14H19ClN2O3. The summed E-state index contributed by atoms with van der Waals surface area (Å²) in [6.45, 7) is 6.90. The topological polar surface area (TPSA) is 67.4 Å². The number of carbonyl (C=O) groups excluding carboxylic acids is 2. The van der Waals surface area contributed by atoms with Crippen LogP contribution in [0, 0.1) is 12.3 Å². The van der Waals surface area contributed by atoms with Crippen LogP contribution in [0.15, 0.2) is 18.2 Å². The van der Waals surface area contributed by atoms with Gasteiger partial charge in [-0.1, -0.05) is 32.4 Å². The van der Waals surface area contributed by atoms with E-state index in [1.54, 1.807) is 39.0 Å². The molecule has 110 valence electrons. The number of ether oxygens (including phenoxy) is 1. The quantitative estimate of drug-likeness (QED) is 0.841. The molecule has 0 aromatic heterocycles. The number of rotatable bonds is 3. The van der Waals surface area contributed by atoms with Crippen LogP contribution in [0.25, 0.3) is 0 Å². The van der Waals surface area contributed by atoms with Crippen molar-refractivity contribution in [3.05, 3.63) is 28.8 Å². The van der Waals surface area contributed by atoms with Gasteiger partial charge in [-0.05, 0) is 30.7 Å². The summed E-state index contributed by atoms with van der Waals surface area (Å²) in [5.74, 6) is -0.128. The largest absolute Gasteiger partial charge is 0.483 e. The van der Waals surface area contributed by atoms with Gasteiger partial charge in [0.05, 0.1) is 0 Å². The summed E-state index contributed by atoms with van der Waals surface area (Å²) in [6.07, 6.45) is 0. The fraction of sp³-hybridized carbons (Fsp3) is 0.429. The second kappa shape index (κ2) is 6.61. The van der Waals surface area contributed by atoms with Crippen molar-refractivity contribution in [3.8, 4) is 5.75 Å². The van der Waals surface area contributed by atoms with E-state index < -0.39 is 11.3 Å². The summed E-state index contributed by atoms with van der Waals surface area (Å²) < 4.78 is 5.35. The Hall–Kier alpha value is -1.75. The first-order valence-corrected chi connectivity index (χ1v) is 6.56. The summed E-state index contributed by atoms with van der Waals surface area (Å²) in [5.41, 5.74) is 4.91. The molecule has 5 nitrogen and oxygen atoms in total. The standard InChI is InChI=1S/C14H19ClN2O3/c1-9-7-10(15)5-6-11(9)20-8-12(18)16-17-13(19)14(2,3)4/h5-7H,8H2,1-4H3,(H,16,18)(H,17,19). The van der Waals surface area contributed by atoms with Crippen LogP contribution in [-0.4, -0.2) is 18.4 Å². The van der Waals surface area contributed by atoms with Crippen molar-refractivity contribution in [3.63, 3.8) is 0 Å². The predicted molar refractivity (Wildman–Crippen MR) is 77.4 cm³/mol. The van der Waals surface area contributed by atoms with Gasteiger partial charge in [0.25, 0.3) is 5.91 Å². The Bertz CT molecular complexity index is 510. The molecule has 0 saturated carbocycles. The number of amides is 2. The summed E-state index contributed by atoms with van der Waals surface area (Å²) >= 11 is 5.82. The van der Waals surface area contributed by atoms with E-state index in [1.165, 1.54) is 0 Å². The summed E-state index contributed by atoms with van der Waals surface area (Å²) in [7, 11) is 0. The van der Waals surface area contributed by atoms with Gasteiger partial charge in [-0.3, -0.25) is 20.4 Å². The number of hydrazine groups is 1. The van der Waals surface area contributed by atoms with Crippen molar-refractivity contribution in [1.29, 1.82) is 0 Å². The zero-order valence-corrected chi connectivity index (χ0v) is 12.8. The van der Waals surface area contributed by atoms with Gasteiger partial charge < -0.3 is 4.74 Å². The normalized spacial score (nSPS) is 10.8. The molecule has 0 aliphatic rings. The minimum Gasteiger partial charge on any atom is -0.483 e. The summed E-state index contributed by atoms with van der Waals surface area (Å²) in [6, 6.07) is 5.12. The number of benzene rings is 1. The van der Waals surface area contributed by atoms with E-state index in [0.717, 1.165) is 5.56 Å². The smallest absolute Gasteiger partial charge is 0.276 e. The average Bonchev–Trinajstić information content (AvgIpc) is 2.33. The van der Waals surface area contributed by atoms with E-state index in [1.807, 2.05) is 6.92 Å². The van der Waals surface area contributed by atoms with Crippen molar-refractivity contribution < 1.29 is 14.3 Å². The molecule has 1 aromatic carbocycles. The minimum atomic E-state index is -0.569. The van der Waals surface area contributed by atoms with E-state index in [2.05, 4.69) is 10.9 Å². The van der Waals surface area contributed by atoms with Crippen LogP contribution in [0.2, 0.25) is 5.02 Å². The Morgan fingerprint density at radius 2 is 1.90 bits per heavy atom. The first-order valence-electron chi connectivity index (χ1n) is 6.18. The highest BCUT2D eigenvalue weighted by molar-refractivity contribution is 6.30. The van der Waals surface area contributed by atoms with E-state index in [0.29, 0.717) is 10.8 Å². The van der Waals surface area contributed by atoms with Crippen molar-refractivity contribution in [2.24, 2.45) is 5.41 Å². The maximum Gasteiger partial charge on any atom is 0.276 e. The molecule has 0 unspecified atom stereocenters. The number of halogens is 1. The Morgan fingerprint density at radius 1 is 1.25 bits per heavy atom. The lowest BCUT2D eigenvalue weighted by molar-refractivity contribution is -0.134. The zero-order chi connectivity index (χ0) is 15.3. The fourth-order valence-electron chi connectivity index (χ4n) is 1.27. The maximum atomic E-state index is 11.6. The number of hydrogen-bond acceptors (Lipinski definition) is 3. The Morgan fingerprint density at radius 3 is 2.45 bits per heavy atom. The molecule has 0 fully saturated rings. The van der Waals surface area contributed by atoms with Gasteiger partial charge in [0.2, 0.25) is 5.91 Å². The van der Waals surface area contributed by atoms with E-state index in [-0.39, 0.29) is 12.5 Å². The van der Waals surface area contributed by atoms with Crippen molar-refractivity contribution in [2.75, 3.05) is 6.61 Å². The maximum absolute atomic E-state index is 11.6. The highest BCUT2D eigenvalue weighted by Crippen LogP contribution is 2.21. The second-order valence-corrected chi connectivity index (χ2v) is 5.89. The monoisotopic (exact) mass is 298 g/mol. The van der Waals surface area contributed by atoms with Gasteiger partial charge in [-0.2, -0.15) is 0 Å². The lowest BCUT2D eigenvalue weighted by atomic mass is 9.96. The predicted octanol–water partition coefficient (Wildman–Crippen LogP) is 2.22. The van der Waals surface area contributed by atoms with Crippen LogP contribution in [0.4, 0.5) is 0 Å². The molecule has 1 aromatic rings. The van der Waals surface area contributed by atoms with Gasteiger partial charge in [0.1, 0.15) is 5.75 Å². The molecule has 0 heterocycles. The van der Waals surface area contributed by atoms with Crippen LogP contribution in [0.3, 0.4) is 0 Å². The molecule has 0 aliphatic heterocycles. The van der Waals surface area contributed by atoms with Gasteiger partial charge in [0.15, 0.2) is 6.61 Å². The van der Waals surface area contributed by atoms with Crippen LogP contribution >= 0.6 is 11.6 Å². The molecule has 2 N–H and O–H groups in total. The SMILES string of the molecule is Cc1cc(Cl)ccc1OCC(=O)NNC(=O)C(C)(C)C. The van der Waals surface area contributed by atoms with E-state index >= 15 is 0 Å². The first-order chi connectivity index (χ1) is 9.20. The van der Waals surface area contributed by atoms with Crippen molar-refractivity contribution in [1.82, 2.24) is 10.9 Å². The molecule has 0 radical (unpaired) electrons. The molecule has 0 saturated heterocycles. The van der Waals surface area contributed by atoms with Gasteiger partial charge in [-0.25, -0.2) is 0 Å². The van der Waals surface area contributed by atoms with E-state index in [4.69, 9.17) is 16.3 Å². The third kappa shape index (κ3) is 5.09. The molecule has 0 bridgehead atoms. The van der Waals surface area contributed by atoms with Crippen molar-refractivity contribution in [2.45, 2.75) is 27.7 Å². The Balaban J connectivity index is 2.42. The average molecular weight is 299 g/mol. The molecule has 20 heavy (non-hydrogen) atoms. The van der Waals surface area contributed by atoms with Gasteiger partial charge in [0, 0.05) is 10.4 Å². The first kappa shape index (κ1) is 16.3. The highest BCUT2D eigenvalue weighted by atomic mass is 35.5. The number of aryl methyl sites for hydroxylation is 1. The third-order valence-corrected chi connectivity index (χ3v) is 2.73. The Labute approximate surface area is 123 Å². The number of hydrogen-bond donors (Lipinski definition) is 2. The molecule has 6 heteroatoms. The van der Waals surface area contributed by atoms with Crippen LogP contribution in [0.1, 0.15) is 26.3 Å². The van der Waals surface area contributed by atoms with Gasteiger partial charge >= 0.3 is 0 Å². The summed E-state index contributed by atoms with van der Waals surface area (Å²) in [4.78, 5) is 23.1. The minimum absolute atomic E-state index is 0.188. The molecule has 0 atom stereocenters. The summed E-state index contributed by atoms with van der Waals surface area (Å²) in [5, 5.41) is 0.608. The number of nitrogens with one attached hydrogen (secondary N) is 2. The van der Waals surface area contributed by atoms with Crippen molar-refractivity contribution >= 4 is 23.4 Å². The molecule has 2 amide bonds. The third-order valence-electron chi connectivity index (χ3n) is 2.49. The lowest BCUT2D eigenvalue weighted by Crippen LogP contribution is -2.48.